The highest BCUT2D eigenvalue weighted by atomic mass is 16.5. The molecule has 0 saturated heterocycles. The second-order valence-corrected chi connectivity index (χ2v) is 5.31. The zero-order valence-corrected chi connectivity index (χ0v) is 10.6. The third-order valence-electron chi connectivity index (χ3n) is 3.87. The SMILES string of the molecule is CC1Oc2ccc(C3(CC(=O)O)CC3)cc2NC1=O. The summed E-state index contributed by atoms with van der Waals surface area (Å²) < 4.78 is 5.48. The van der Waals surface area contributed by atoms with Gasteiger partial charge in [0.25, 0.3) is 5.91 Å². The van der Waals surface area contributed by atoms with Gasteiger partial charge in [0.1, 0.15) is 5.75 Å². The molecule has 1 aromatic carbocycles. The third-order valence-corrected chi connectivity index (χ3v) is 3.87. The molecule has 0 spiro atoms. The molecule has 5 heteroatoms. The van der Waals surface area contributed by atoms with Gasteiger partial charge in [-0.05, 0) is 37.5 Å². The zero-order chi connectivity index (χ0) is 13.6. The Hall–Kier alpha value is -2.04. The van der Waals surface area contributed by atoms with Gasteiger partial charge in [-0.25, -0.2) is 0 Å². The van der Waals surface area contributed by atoms with Crippen molar-refractivity contribution in [1.29, 1.82) is 0 Å². The average Bonchev–Trinajstić information content (AvgIpc) is 3.10. The summed E-state index contributed by atoms with van der Waals surface area (Å²) in [7, 11) is 0. The second kappa shape index (κ2) is 3.98. The van der Waals surface area contributed by atoms with Crippen molar-refractivity contribution in [3.63, 3.8) is 0 Å². The predicted molar refractivity (Wildman–Crippen MR) is 68.3 cm³/mol. The third kappa shape index (κ3) is 2.05. The van der Waals surface area contributed by atoms with Gasteiger partial charge in [-0.2, -0.15) is 0 Å². The number of hydrogen-bond donors (Lipinski definition) is 2. The highest BCUT2D eigenvalue weighted by molar-refractivity contribution is 5.97. The lowest BCUT2D eigenvalue weighted by molar-refractivity contribution is -0.137. The van der Waals surface area contributed by atoms with Crippen LogP contribution in [-0.2, 0) is 15.0 Å². The Morgan fingerprint density at radius 2 is 2.26 bits per heavy atom. The van der Waals surface area contributed by atoms with Gasteiger partial charge in [0.15, 0.2) is 6.10 Å². The van der Waals surface area contributed by atoms with Crippen molar-refractivity contribution >= 4 is 17.6 Å². The molecule has 1 fully saturated rings. The molecule has 100 valence electrons. The molecule has 1 aliphatic heterocycles. The number of carbonyl (C=O) groups is 2. The summed E-state index contributed by atoms with van der Waals surface area (Å²) in [5, 5.41) is 11.8. The standard InChI is InChI=1S/C14H15NO4/c1-8-13(18)15-10-6-9(2-3-11(10)19-8)14(4-5-14)7-12(16)17/h2-3,6,8H,4-5,7H2,1H3,(H,15,18)(H,16,17). The van der Waals surface area contributed by atoms with Gasteiger partial charge >= 0.3 is 5.97 Å². The van der Waals surface area contributed by atoms with Crippen LogP contribution in [0.3, 0.4) is 0 Å². The molecule has 0 bridgehead atoms. The maximum Gasteiger partial charge on any atom is 0.304 e. The van der Waals surface area contributed by atoms with Crippen molar-refractivity contribution in [1.82, 2.24) is 0 Å². The molecule has 1 heterocycles. The van der Waals surface area contributed by atoms with E-state index in [2.05, 4.69) is 5.32 Å². The van der Waals surface area contributed by atoms with Gasteiger partial charge in [0, 0.05) is 5.41 Å². The number of nitrogens with one attached hydrogen (secondary N) is 1. The summed E-state index contributed by atoms with van der Waals surface area (Å²) >= 11 is 0. The van der Waals surface area contributed by atoms with Crippen molar-refractivity contribution in [3.05, 3.63) is 23.8 Å². The Bertz CT molecular complexity index is 563. The van der Waals surface area contributed by atoms with Gasteiger partial charge in [-0.1, -0.05) is 6.07 Å². The highest BCUT2D eigenvalue weighted by Gasteiger charge is 2.46. The van der Waals surface area contributed by atoms with Crippen molar-refractivity contribution < 1.29 is 19.4 Å². The lowest BCUT2D eigenvalue weighted by Gasteiger charge is -2.25. The number of benzene rings is 1. The summed E-state index contributed by atoms with van der Waals surface area (Å²) in [6.45, 7) is 1.69. The van der Waals surface area contributed by atoms with Crippen LogP contribution in [0.2, 0.25) is 0 Å². The van der Waals surface area contributed by atoms with Crippen molar-refractivity contribution in [2.24, 2.45) is 0 Å². The number of fused-ring (bicyclic) bond motifs is 1. The molecule has 1 aromatic rings. The van der Waals surface area contributed by atoms with Crippen LogP contribution in [-0.4, -0.2) is 23.1 Å². The van der Waals surface area contributed by atoms with E-state index in [1.54, 1.807) is 6.92 Å². The number of carboxylic acid groups (broad SMARTS) is 1. The number of ether oxygens (including phenoxy) is 1. The molecule has 5 nitrogen and oxygen atoms in total. The Morgan fingerprint density at radius 1 is 1.53 bits per heavy atom. The van der Waals surface area contributed by atoms with Gasteiger partial charge in [0.05, 0.1) is 12.1 Å². The lowest BCUT2D eigenvalue weighted by Crippen LogP contribution is -2.34. The van der Waals surface area contributed by atoms with Crippen molar-refractivity contribution in [2.75, 3.05) is 5.32 Å². The first kappa shape index (κ1) is 12.0. The number of anilines is 1. The molecule has 1 unspecified atom stereocenters. The van der Waals surface area contributed by atoms with E-state index in [-0.39, 0.29) is 17.7 Å². The summed E-state index contributed by atoms with van der Waals surface area (Å²) in [6, 6.07) is 5.55. The van der Waals surface area contributed by atoms with Crippen LogP contribution in [0, 0.1) is 0 Å². The maximum absolute atomic E-state index is 11.6. The van der Waals surface area contributed by atoms with E-state index in [0.29, 0.717) is 11.4 Å². The van der Waals surface area contributed by atoms with E-state index in [9.17, 15) is 9.59 Å². The smallest absolute Gasteiger partial charge is 0.304 e. The molecule has 3 rings (SSSR count). The number of amides is 1. The molecule has 19 heavy (non-hydrogen) atoms. The van der Waals surface area contributed by atoms with Crippen LogP contribution in [0.15, 0.2) is 18.2 Å². The molecular weight excluding hydrogens is 246 g/mol. The fraction of sp³-hybridized carbons (Fsp3) is 0.429. The minimum atomic E-state index is -0.788. The lowest BCUT2D eigenvalue weighted by atomic mass is 9.91. The Balaban J connectivity index is 1.92. The molecule has 1 aliphatic carbocycles. The van der Waals surface area contributed by atoms with Gasteiger partial charge < -0.3 is 15.2 Å². The molecule has 1 saturated carbocycles. The molecule has 0 radical (unpaired) electrons. The summed E-state index contributed by atoms with van der Waals surface area (Å²) in [5.41, 5.74) is 1.35. The number of carboxylic acids is 1. The van der Waals surface area contributed by atoms with E-state index < -0.39 is 12.1 Å². The quantitative estimate of drug-likeness (QED) is 0.871. The van der Waals surface area contributed by atoms with Crippen LogP contribution in [0.1, 0.15) is 31.7 Å². The first-order valence-electron chi connectivity index (χ1n) is 6.34. The van der Waals surface area contributed by atoms with Crippen molar-refractivity contribution in [2.45, 2.75) is 37.7 Å². The van der Waals surface area contributed by atoms with Gasteiger partial charge in [-0.15, -0.1) is 0 Å². The summed E-state index contributed by atoms with van der Waals surface area (Å²) in [6.07, 6.45) is 1.40. The predicted octanol–water partition coefficient (Wildman–Crippen LogP) is 1.91. The number of rotatable bonds is 3. The normalized spacial score (nSPS) is 23.0. The molecular formula is C14H15NO4. The molecule has 0 aromatic heterocycles. The first-order valence-corrected chi connectivity index (χ1v) is 6.34. The van der Waals surface area contributed by atoms with E-state index >= 15 is 0 Å². The maximum atomic E-state index is 11.6. The van der Waals surface area contributed by atoms with Crippen LogP contribution in [0.5, 0.6) is 5.75 Å². The topological polar surface area (TPSA) is 75.6 Å². The number of hydrogen-bond acceptors (Lipinski definition) is 3. The molecule has 1 atom stereocenters. The first-order chi connectivity index (χ1) is 9.00. The Kier molecular flexibility index (Phi) is 2.52. The fourth-order valence-corrected chi connectivity index (χ4v) is 2.55. The van der Waals surface area contributed by atoms with Gasteiger partial charge in [-0.3, -0.25) is 9.59 Å². The van der Waals surface area contributed by atoms with Crippen LogP contribution >= 0.6 is 0 Å². The Morgan fingerprint density at radius 3 is 2.89 bits per heavy atom. The molecule has 2 N–H and O–H groups in total. The Labute approximate surface area is 110 Å². The van der Waals surface area contributed by atoms with Crippen LogP contribution in [0.4, 0.5) is 5.69 Å². The van der Waals surface area contributed by atoms with Crippen molar-refractivity contribution in [3.8, 4) is 5.75 Å². The van der Waals surface area contributed by atoms with Gasteiger partial charge in [0.2, 0.25) is 0 Å². The molecule has 1 amide bonds. The number of aliphatic carboxylic acids is 1. The fourth-order valence-electron chi connectivity index (χ4n) is 2.55. The zero-order valence-electron chi connectivity index (χ0n) is 10.6. The summed E-state index contributed by atoms with van der Waals surface area (Å²) in [5.74, 6) is -0.321. The van der Waals surface area contributed by atoms with E-state index in [1.807, 2.05) is 18.2 Å². The number of carbonyl (C=O) groups excluding carboxylic acids is 1. The minimum absolute atomic E-state index is 0.136. The van der Waals surface area contributed by atoms with E-state index in [1.165, 1.54) is 0 Å². The van der Waals surface area contributed by atoms with Crippen LogP contribution in [0.25, 0.3) is 0 Å². The highest BCUT2D eigenvalue weighted by Crippen LogP contribution is 2.52. The van der Waals surface area contributed by atoms with E-state index in [0.717, 1.165) is 18.4 Å². The monoisotopic (exact) mass is 261 g/mol. The van der Waals surface area contributed by atoms with Crippen LogP contribution < -0.4 is 10.1 Å². The average molecular weight is 261 g/mol. The molecule has 2 aliphatic rings. The summed E-state index contributed by atoms with van der Waals surface area (Å²) in [4.78, 5) is 22.5. The van der Waals surface area contributed by atoms with E-state index in [4.69, 9.17) is 9.84 Å². The largest absolute Gasteiger partial charge is 0.481 e. The second-order valence-electron chi connectivity index (χ2n) is 5.31. The minimum Gasteiger partial charge on any atom is -0.481 e.